The molecule has 0 atom stereocenters. The first-order valence-corrected chi connectivity index (χ1v) is 5.88. The van der Waals surface area contributed by atoms with Crippen LogP contribution in [0.15, 0.2) is 18.2 Å². The third kappa shape index (κ3) is 1.88. The second kappa shape index (κ2) is 4.13. The van der Waals surface area contributed by atoms with Crippen LogP contribution in [-0.2, 0) is 4.79 Å². The van der Waals surface area contributed by atoms with Gasteiger partial charge < -0.3 is 0 Å². The molecule has 0 aliphatic carbocycles. The molecule has 1 aromatic rings. The maximum atomic E-state index is 11.5. The summed E-state index contributed by atoms with van der Waals surface area (Å²) in [5.74, 6) is 0.813. The molecular weight excluding hydrogens is 228 g/mol. The van der Waals surface area contributed by atoms with E-state index >= 15 is 0 Å². The summed E-state index contributed by atoms with van der Waals surface area (Å²) in [4.78, 5) is 23.4. The summed E-state index contributed by atoms with van der Waals surface area (Å²) in [5.41, 5.74) is 1.30. The molecule has 0 radical (unpaired) electrons. The highest BCUT2D eigenvalue weighted by molar-refractivity contribution is 8.00. The lowest BCUT2D eigenvalue weighted by molar-refractivity contribution is -0.384. The van der Waals surface area contributed by atoms with Crippen LogP contribution in [-0.4, -0.2) is 22.5 Å². The summed E-state index contributed by atoms with van der Waals surface area (Å²) in [7, 11) is 0. The van der Waals surface area contributed by atoms with Crippen molar-refractivity contribution in [2.75, 3.05) is 16.5 Å². The third-order valence-corrected chi connectivity index (χ3v) is 3.26. The monoisotopic (exact) mass is 238 g/mol. The predicted molar refractivity (Wildman–Crippen MR) is 62.6 cm³/mol. The fourth-order valence-electron chi connectivity index (χ4n) is 1.58. The number of thioether (sulfide) groups is 1. The third-order valence-electron chi connectivity index (χ3n) is 2.37. The van der Waals surface area contributed by atoms with E-state index in [0.29, 0.717) is 17.3 Å². The van der Waals surface area contributed by atoms with Crippen molar-refractivity contribution in [2.24, 2.45) is 0 Å². The van der Waals surface area contributed by atoms with Crippen LogP contribution in [0.2, 0.25) is 0 Å². The summed E-state index contributed by atoms with van der Waals surface area (Å²) < 4.78 is 0. The minimum Gasteiger partial charge on any atom is -0.296 e. The highest BCUT2D eigenvalue weighted by Crippen LogP contribution is 2.33. The molecule has 0 N–H and O–H groups in total. The fraction of sp³-hybridized carbons (Fsp3) is 0.300. The molecule has 0 bridgehead atoms. The van der Waals surface area contributed by atoms with E-state index in [4.69, 9.17) is 0 Å². The zero-order valence-electron chi connectivity index (χ0n) is 8.67. The van der Waals surface area contributed by atoms with E-state index in [1.807, 2.05) is 6.92 Å². The van der Waals surface area contributed by atoms with Crippen molar-refractivity contribution in [3.05, 3.63) is 33.9 Å². The van der Waals surface area contributed by atoms with Crippen molar-refractivity contribution in [1.82, 2.24) is 0 Å². The van der Waals surface area contributed by atoms with Gasteiger partial charge in [0.2, 0.25) is 5.91 Å². The van der Waals surface area contributed by atoms with Gasteiger partial charge in [0.25, 0.3) is 5.69 Å². The summed E-state index contributed by atoms with van der Waals surface area (Å²) in [6.07, 6.45) is 0. The molecule has 5 nitrogen and oxygen atoms in total. The minimum absolute atomic E-state index is 0.0125. The summed E-state index contributed by atoms with van der Waals surface area (Å²) in [6, 6.07) is 4.80. The fourth-order valence-corrected chi connectivity index (χ4v) is 2.47. The molecule has 0 aromatic heterocycles. The number of hydrogen-bond donors (Lipinski definition) is 0. The van der Waals surface area contributed by atoms with Crippen LogP contribution in [0.25, 0.3) is 0 Å². The topological polar surface area (TPSA) is 63.5 Å². The van der Waals surface area contributed by atoms with Crippen molar-refractivity contribution < 1.29 is 9.72 Å². The van der Waals surface area contributed by atoms with Crippen LogP contribution in [0.4, 0.5) is 11.4 Å². The smallest absolute Gasteiger partial charge is 0.293 e. The van der Waals surface area contributed by atoms with E-state index in [-0.39, 0.29) is 11.6 Å². The van der Waals surface area contributed by atoms with Gasteiger partial charge in [-0.15, -0.1) is 11.8 Å². The second-order valence-electron chi connectivity index (χ2n) is 3.55. The molecule has 1 saturated heterocycles. The van der Waals surface area contributed by atoms with Crippen LogP contribution >= 0.6 is 11.8 Å². The Labute approximate surface area is 96.6 Å². The van der Waals surface area contributed by atoms with Crippen molar-refractivity contribution in [3.63, 3.8) is 0 Å². The zero-order valence-corrected chi connectivity index (χ0v) is 9.49. The van der Waals surface area contributed by atoms with Crippen LogP contribution < -0.4 is 4.90 Å². The normalized spacial score (nSPS) is 15.6. The first-order chi connectivity index (χ1) is 7.59. The SMILES string of the molecule is Cc1ccc([N+](=O)[O-])c(N2CSCC2=O)c1. The van der Waals surface area contributed by atoms with Gasteiger partial charge in [0, 0.05) is 6.07 Å². The summed E-state index contributed by atoms with van der Waals surface area (Å²) in [5, 5.41) is 10.9. The van der Waals surface area contributed by atoms with Crippen molar-refractivity contribution >= 4 is 29.0 Å². The molecule has 16 heavy (non-hydrogen) atoms. The maximum Gasteiger partial charge on any atom is 0.293 e. The molecule has 1 fully saturated rings. The molecule has 1 heterocycles. The van der Waals surface area contributed by atoms with Crippen molar-refractivity contribution in [1.29, 1.82) is 0 Å². The van der Waals surface area contributed by atoms with E-state index in [9.17, 15) is 14.9 Å². The summed E-state index contributed by atoms with van der Waals surface area (Å²) in [6.45, 7) is 1.85. The van der Waals surface area contributed by atoms with Crippen molar-refractivity contribution in [3.8, 4) is 0 Å². The van der Waals surface area contributed by atoms with Gasteiger partial charge in [-0.05, 0) is 18.6 Å². The summed E-state index contributed by atoms with van der Waals surface area (Å²) >= 11 is 1.47. The van der Waals surface area contributed by atoms with Gasteiger partial charge >= 0.3 is 0 Å². The molecule has 0 spiro atoms. The van der Waals surface area contributed by atoms with Gasteiger partial charge in [-0.25, -0.2) is 0 Å². The molecule has 0 saturated carbocycles. The van der Waals surface area contributed by atoms with Crippen LogP contribution in [0.5, 0.6) is 0 Å². The van der Waals surface area contributed by atoms with E-state index in [2.05, 4.69) is 0 Å². The molecule has 1 amide bonds. The number of aryl methyl sites for hydroxylation is 1. The molecule has 1 aromatic carbocycles. The van der Waals surface area contributed by atoms with Gasteiger partial charge in [0.1, 0.15) is 5.69 Å². The van der Waals surface area contributed by atoms with E-state index in [1.165, 1.54) is 22.7 Å². The van der Waals surface area contributed by atoms with Gasteiger partial charge in [-0.1, -0.05) is 6.07 Å². The first kappa shape index (κ1) is 10.9. The Bertz CT molecular complexity index is 461. The number of nitro benzene ring substituents is 1. The average molecular weight is 238 g/mol. The maximum absolute atomic E-state index is 11.5. The number of anilines is 1. The van der Waals surface area contributed by atoms with Gasteiger partial charge in [0.05, 0.1) is 16.6 Å². The first-order valence-electron chi connectivity index (χ1n) is 4.73. The molecular formula is C10H10N2O3S. The number of carbonyl (C=O) groups excluding carboxylic acids is 1. The predicted octanol–water partition coefficient (Wildman–Crippen LogP) is 1.94. The number of nitrogens with zero attached hydrogens (tertiary/aromatic N) is 2. The lowest BCUT2D eigenvalue weighted by Gasteiger charge is -2.15. The molecule has 84 valence electrons. The Kier molecular flexibility index (Phi) is 2.82. The highest BCUT2D eigenvalue weighted by Gasteiger charge is 2.28. The number of carbonyl (C=O) groups is 1. The Morgan fingerprint density at radius 2 is 2.25 bits per heavy atom. The Morgan fingerprint density at radius 1 is 1.50 bits per heavy atom. The Hall–Kier alpha value is -1.56. The number of amides is 1. The van der Waals surface area contributed by atoms with Crippen LogP contribution in [0.3, 0.4) is 0 Å². The number of benzene rings is 1. The van der Waals surface area contributed by atoms with E-state index in [1.54, 1.807) is 12.1 Å². The average Bonchev–Trinajstić information content (AvgIpc) is 2.63. The second-order valence-corrected chi connectivity index (χ2v) is 4.50. The Balaban J connectivity index is 2.48. The molecule has 0 unspecified atom stereocenters. The largest absolute Gasteiger partial charge is 0.296 e. The molecule has 1 aliphatic heterocycles. The van der Waals surface area contributed by atoms with Gasteiger partial charge in [0.15, 0.2) is 0 Å². The lowest BCUT2D eigenvalue weighted by Crippen LogP contribution is -2.25. The molecule has 1 aliphatic rings. The Morgan fingerprint density at radius 3 is 2.81 bits per heavy atom. The quantitative estimate of drug-likeness (QED) is 0.583. The highest BCUT2D eigenvalue weighted by atomic mass is 32.2. The van der Waals surface area contributed by atoms with E-state index < -0.39 is 4.92 Å². The zero-order chi connectivity index (χ0) is 11.7. The van der Waals surface area contributed by atoms with Crippen LogP contribution in [0, 0.1) is 17.0 Å². The van der Waals surface area contributed by atoms with Gasteiger partial charge in [-0.3, -0.25) is 19.8 Å². The molecule has 2 rings (SSSR count). The standard InChI is InChI=1S/C10H10N2O3S/c1-7-2-3-8(12(14)15)9(4-7)11-6-16-5-10(11)13/h2-4H,5-6H2,1H3. The number of hydrogen-bond acceptors (Lipinski definition) is 4. The van der Waals surface area contributed by atoms with Crippen molar-refractivity contribution in [2.45, 2.75) is 6.92 Å². The lowest BCUT2D eigenvalue weighted by atomic mass is 10.2. The van der Waals surface area contributed by atoms with Crippen LogP contribution in [0.1, 0.15) is 5.56 Å². The van der Waals surface area contributed by atoms with Gasteiger partial charge in [-0.2, -0.15) is 0 Å². The van der Waals surface area contributed by atoms with E-state index in [0.717, 1.165) is 5.56 Å². The number of rotatable bonds is 2. The molecule has 6 heteroatoms. The minimum atomic E-state index is -0.453. The number of nitro groups is 1.